The minimum Gasteiger partial charge on any atom is -0.357 e. The maximum Gasteiger partial charge on any atom is 0.416 e. The fourth-order valence-electron chi connectivity index (χ4n) is 3.24. The molecule has 1 saturated heterocycles. The van der Waals surface area contributed by atoms with Crippen LogP contribution in [0.1, 0.15) is 56.6 Å². The van der Waals surface area contributed by atoms with Crippen molar-refractivity contribution in [3.8, 4) is 0 Å². The molecule has 30 heavy (non-hydrogen) atoms. The van der Waals surface area contributed by atoms with Crippen molar-refractivity contribution in [2.45, 2.75) is 51.6 Å². The Labute approximate surface area is 174 Å². The summed E-state index contributed by atoms with van der Waals surface area (Å²) in [5.74, 6) is 0.169. The van der Waals surface area contributed by atoms with E-state index in [1.807, 2.05) is 13.8 Å². The molecule has 2 N–H and O–H groups in total. The van der Waals surface area contributed by atoms with E-state index in [0.717, 1.165) is 6.07 Å². The van der Waals surface area contributed by atoms with E-state index in [1.54, 1.807) is 6.07 Å². The van der Waals surface area contributed by atoms with Crippen LogP contribution in [0.5, 0.6) is 0 Å². The number of carbonyl (C=O) groups is 2. The summed E-state index contributed by atoms with van der Waals surface area (Å²) in [6, 6.07) is 5.37. The average molecular weight is 426 g/mol. The van der Waals surface area contributed by atoms with E-state index in [-0.39, 0.29) is 24.3 Å². The van der Waals surface area contributed by atoms with Gasteiger partial charge in [-0.05, 0) is 37.3 Å². The molecule has 1 aromatic rings. The van der Waals surface area contributed by atoms with Gasteiger partial charge in [-0.3, -0.25) is 19.5 Å². The lowest BCUT2D eigenvalue weighted by atomic mass is 9.96. The van der Waals surface area contributed by atoms with Crippen LogP contribution in [0.25, 0.3) is 0 Å². The smallest absolute Gasteiger partial charge is 0.357 e. The van der Waals surface area contributed by atoms with Gasteiger partial charge in [0.25, 0.3) is 0 Å². The molecule has 166 valence electrons. The van der Waals surface area contributed by atoms with Crippen molar-refractivity contribution in [3.05, 3.63) is 35.4 Å². The molecule has 1 aliphatic heterocycles. The summed E-state index contributed by atoms with van der Waals surface area (Å²) in [6.07, 6.45) is -2.37. The molecule has 1 aliphatic rings. The molecular weight excluding hydrogens is 397 g/mol. The Kier molecular flexibility index (Phi) is 8.68. The van der Waals surface area contributed by atoms with E-state index in [4.69, 9.17) is 0 Å². The molecule has 1 fully saturated rings. The molecule has 1 aromatic carbocycles. The number of likely N-dealkylation sites (tertiary alicyclic amines) is 1. The van der Waals surface area contributed by atoms with E-state index in [0.29, 0.717) is 56.8 Å². The van der Waals surface area contributed by atoms with Crippen molar-refractivity contribution in [2.24, 2.45) is 4.99 Å². The summed E-state index contributed by atoms with van der Waals surface area (Å²) < 4.78 is 38.7. The zero-order chi connectivity index (χ0) is 22.1. The highest BCUT2D eigenvalue weighted by atomic mass is 19.4. The van der Waals surface area contributed by atoms with Crippen molar-refractivity contribution in [1.29, 1.82) is 0 Å². The molecule has 2 amide bonds. The van der Waals surface area contributed by atoms with E-state index < -0.39 is 11.7 Å². The van der Waals surface area contributed by atoms with Gasteiger partial charge in [0.1, 0.15) is 0 Å². The molecule has 1 atom stereocenters. The van der Waals surface area contributed by atoms with Gasteiger partial charge >= 0.3 is 6.18 Å². The number of guanidine groups is 1. The Balaban J connectivity index is 1.87. The Morgan fingerprint density at radius 2 is 1.90 bits per heavy atom. The second-order valence-electron chi connectivity index (χ2n) is 7.29. The molecular formula is C21H29F3N4O2. The summed E-state index contributed by atoms with van der Waals surface area (Å²) in [7, 11) is 0. The van der Waals surface area contributed by atoms with Crippen molar-refractivity contribution >= 4 is 17.8 Å². The fourth-order valence-corrected chi connectivity index (χ4v) is 3.24. The van der Waals surface area contributed by atoms with Gasteiger partial charge in [-0.2, -0.15) is 13.2 Å². The van der Waals surface area contributed by atoms with Crippen LogP contribution in [0, 0.1) is 0 Å². The van der Waals surface area contributed by atoms with Crippen LogP contribution in [-0.2, 0) is 15.8 Å². The Morgan fingerprint density at radius 3 is 2.53 bits per heavy atom. The number of benzene rings is 1. The average Bonchev–Trinajstić information content (AvgIpc) is 2.69. The number of hydrogen-bond acceptors (Lipinski definition) is 3. The summed E-state index contributed by atoms with van der Waals surface area (Å²) in [6.45, 7) is 5.51. The normalized spacial score (nSPS) is 16.6. The van der Waals surface area contributed by atoms with Crippen LogP contribution in [0.2, 0.25) is 0 Å². The molecule has 0 aliphatic carbocycles. The number of halogens is 3. The largest absolute Gasteiger partial charge is 0.416 e. The lowest BCUT2D eigenvalue weighted by Crippen LogP contribution is -2.46. The van der Waals surface area contributed by atoms with Gasteiger partial charge in [-0.15, -0.1) is 0 Å². The summed E-state index contributed by atoms with van der Waals surface area (Å²) in [5.41, 5.74) is -0.0210. The van der Waals surface area contributed by atoms with Crippen molar-refractivity contribution in [2.75, 3.05) is 26.2 Å². The molecule has 2 rings (SSSR count). The number of amides is 2. The first-order valence-electron chi connectivity index (χ1n) is 10.2. The Bertz CT molecular complexity index is 749. The van der Waals surface area contributed by atoms with Gasteiger partial charge < -0.3 is 10.6 Å². The number of carbonyl (C=O) groups excluding carboxylic acids is 2. The number of alkyl halides is 3. The minimum absolute atomic E-state index is 0.0810. The molecule has 0 radical (unpaired) electrons. The number of piperidine rings is 1. The zero-order valence-electron chi connectivity index (χ0n) is 17.4. The van der Waals surface area contributed by atoms with Gasteiger partial charge in [0.2, 0.25) is 11.8 Å². The second kappa shape index (κ2) is 11.0. The maximum atomic E-state index is 12.9. The van der Waals surface area contributed by atoms with Gasteiger partial charge in [0, 0.05) is 39.0 Å². The van der Waals surface area contributed by atoms with Crippen molar-refractivity contribution in [3.63, 3.8) is 0 Å². The van der Waals surface area contributed by atoms with Gasteiger partial charge in [0.15, 0.2) is 5.96 Å². The standard InChI is InChI=1S/C21H29F3N4O2/c1-3-25-20(27-12-13-28-18(29)8-5-9-19(28)30)26-11-10-15(2)16-6-4-7-17(14-16)21(22,23)24/h4,6-7,14-15H,3,5,8-13H2,1-2H3,(H2,25,26,27). The topological polar surface area (TPSA) is 73.8 Å². The first-order chi connectivity index (χ1) is 14.2. The molecule has 6 nitrogen and oxygen atoms in total. The van der Waals surface area contributed by atoms with Crippen LogP contribution >= 0.6 is 0 Å². The number of nitrogens with zero attached hydrogens (tertiary/aromatic N) is 2. The second-order valence-corrected chi connectivity index (χ2v) is 7.29. The molecule has 0 bridgehead atoms. The molecule has 9 heteroatoms. The van der Waals surface area contributed by atoms with Gasteiger partial charge in [-0.1, -0.05) is 25.1 Å². The third-order valence-corrected chi connectivity index (χ3v) is 4.97. The highest BCUT2D eigenvalue weighted by Gasteiger charge is 2.30. The number of aliphatic imine (C=N–C) groups is 1. The number of rotatable bonds is 8. The molecule has 1 heterocycles. The monoisotopic (exact) mass is 426 g/mol. The number of hydrogen-bond donors (Lipinski definition) is 2. The Morgan fingerprint density at radius 1 is 1.20 bits per heavy atom. The van der Waals surface area contributed by atoms with Crippen LogP contribution < -0.4 is 10.6 Å². The summed E-state index contributed by atoms with van der Waals surface area (Å²) in [4.78, 5) is 29.4. The van der Waals surface area contributed by atoms with E-state index in [1.165, 1.54) is 17.0 Å². The van der Waals surface area contributed by atoms with Crippen LogP contribution in [-0.4, -0.2) is 48.9 Å². The van der Waals surface area contributed by atoms with Crippen LogP contribution in [0.15, 0.2) is 29.3 Å². The Hall–Kier alpha value is -2.58. The van der Waals surface area contributed by atoms with Crippen molar-refractivity contribution < 1.29 is 22.8 Å². The van der Waals surface area contributed by atoms with Gasteiger partial charge in [-0.25, -0.2) is 0 Å². The first-order valence-corrected chi connectivity index (χ1v) is 10.2. The summed E-state index contributed by atoms with van der Waals surface area (Å²) in [5, 5.41) is 6.18. The quantitative estimate of drug-likeness (QED) is 0.380. The lowest BCUT2D eigenvalue weighted by Gasteiger charge is -2.25. The SMILES string of the molecule is CCNC(=NCCC(C)c1cccc(C(F)(F)F)c1)NCCN1C(=O)CCCC1=O. The van der Waals surface area contributed by atoms with Crippen LogP contribution in [0.4, 0.5) is 13.2 Å². The van der Waals surface area contributed by atoms with E-state index in [2.05, 4.69) is 15.6 Å². The van der Waals surface area contributed by atoms with Crippen molar-refractivity contribution in [1.82, 2.24) is 15.5 Å². The van der Waals surface area contributed by atoms with Gasteiger partial charge in [0.05, 0.1) is 5.56 Å². The first kappa shape index (κ1) is 23.7. The molecule has 0 saturated carbocycles. The lowest BCUT2D eigenvalue weighted by molar-refractivity contribution is -0.147. The minimum atomic E-state index is -4.35. The van der Waals surface area contributed by atoms with Crippen LogP contribution in [0.3, 0.4) is 0 Å². The zero-order valence-corrected chi connectivity index (χ0v) is 17.4. The predicted molar refractivity (Wildman–Crippen MR) is 109 cm³/mol. The predicted octanol–water partition coefficient (Wildman–Crippen LogP) is 3.29. The highest BCUT2D eigenvalue weighted by Crippen LogP contribution is 2.31. The summed E-state index contributed by atoms with van der Waals surface area (Å²) >= 11 is 0. The third kappa shape index (κ3) is 7.03. The molecule has 0 aromatic heterocycles. The van der Waals surface area contributed by atoms with E-state index >= 15 is 0 Å². The third-order valence-electron chi connectivity index (χ3n) is 4.97. The van der Waals surface area contributed by atoms with E-state index in [9.17, 15) is 22.8 Å². The number of nitrogens with one attached hydrogen (secondary N) is 2. The highest BCUT2D eigenvalue weighted by molar-refractivity contribution is 5.97. The molecule has 1 unspecified atom stereocenters. The molecule has 0 spiro atoms. The number of imide groups is 1. The fraction of sp³-hybridized carbons (Fsp3) is 0.571. The maximum absolute atomic E-state index is 12.9.